The number of benzene rings is 1. The van der Waals surface area contributed by atoms with Crippen molar-refractivity contribution >= 4 is 17.7 Å². The zero-order valence-corrected chi connectivity index (χ0v) is 11.6. The molecule has 0 aliphatic carbocycles. The quantitative estimate of drug-likeness (QED) is 0.846. The summed E-state index contributed by atoms with van der Waals surface area (Å²) in [5.41, 5.74) is -1.07. The molecule has 1 heterocycles. The van der Waals surface area contributed by atoms with E-state index in [1.165, 1.54) is 6.07 Å². The van der Waals surface area contributed by atoms with E-state index >= 15 is 0 Å². The lowest BCUT2D eigenvalue weighted by molar-refractivity contribution is -0.137. The number of amides is 1. The van der Waals surface area contributed by atoms with E-state index in [1.54, 1.807) is 13.8 Å². The summed E-state index contributed by atoms with van der Waals surface area (Å²) in [6.07, 6.45) is -5.14. The molecule has 1 aliphatic rings. The van der Waals surface area contributed by atoms with E-state index in [-0.39, 0.29) is 11.6 Å². The third kappa shape index (κ3) is 3.00. The third-order valence-corrected chi connectivity index (χ3v) is 3.42. The maximum atomic E-state index is 12.8. The Morgan fingerprint density at radius 3 is 2.60 bits per heavy atom. The SMILES string of the molecule is CC1(C)COC(=O)N[C@@H]1c1cc(Cl)cc(C(F)(F)F)c1. The molecule has 1 amide bonds. The highest BCUT2D eigenvalue weighted by atomic mass is 35.5. The Hall–Kier alpha value is -1.43. The highest BCUT2D eigenvalue weighted by Crippen LogP contribution is 2.40. The fourth-order valence-electron chi connectivity index (χ4n) is 2.17. The molecule has 2 rings (SSSR count). The maximum Gasteiger partial charge on any atom is 0.416 e. The molecular formula is C13H13ClF3NO2. The molecule has 1 aromatic carbocycles. The van der Waals surface area contributed by atoms with E-state index in [4.69, 9.17) is 16.3 Å². The number of cyclic esters (lactones) is 1. The Bertz CT molecular complexity index is 543. The molecule has 20 heavy (non-hydrogen) atoms. The fraction of sp³-hybridized carbons (Fsp3) is 0.462. The van der Waals surface area contributed by atoms with Gasteiger partial charge in [-0.1, -0.05) is 25.4 Å². The van der Waals surface area contributed by atoms with Gasteiger partial charge in [0.2, 0.25) is 0 Å². The molecule has 1 saturated heterocycles. The van der Waals surface area contributed by atoms with Crippen LogP contribution in [0.3, 0.4) is 0 Å². The summed E-state index contributed by atoms with van der Waals surface area (Å²) >= 11 is 5.76. The lowest BCUT2D eigenvalue weighted by atomic mass is 9.80. The molecule has 7 heteroatoms. The molecule has 0 unspecified atom stereocenters. The summed E-state index contributed by atoms with van der Waals surface area (Å²) in [5, 5.41) is 2.52. The number of rotatable bonds is 1. The summed E-state index contributed by atoms with van der Waals surface area (Å²) in [7, 11) is 0. The summed E-state index contributed by atoms with van der Waals surface area (Å²) in [4.78, 5) is 11.3. The third-order valence-electron chi connectivity index (χ3n) is 3.20. The molecule has 3 nitrogen and oxygen atoms in total. The number of carbonyl (C=O) groups excluding carboxylic acids is 1. The molecule has 1 atom stereocenters. The number of nitrogens with one attached hydrogen (secondary N) is 1. The van der Waals surface area contributed by atoms with E-state index in [9.17, 15) is 18.0 Å². The van der Waals surface area contributed by atoms with Crippen LogP contribution in [0.25, 0.3) is 0 Å². The number of hydrogen-bond donors (Lipinski definition) is 1. The van der Waals surface area contributed by atoms with Gasteiger partial charge < -0.3 is 10.1 Å². The van der Waals surface area contributed by atoms with Gasteiger partial charge in [-0.2, -0.15) is 13.2 Å². The average molecular weight is 308 g/mol. The van der Waals surface area contributed by atoms with Gasteiger partial charge in [0.15, 0.2) is 0 Å². The van der Waals surface area contributed by atoms with Crippen LogP contribution in [0.5, 0.6) is 0 Å². The second-order valence-electron chi connectivity index (χ2n) is 5.41. The zero-order valence-electron chi connectivity index (χ0n) is 10.8. The minimum atomic E-state index is -4.49. The van der Waals surface area contributed by atoms with Crippen LogP contribution in [0.4, 0.5) is 18.0 Å². The normalized spacial score (nSPS) is 22.1. The number of ether oxygens (including phenoxy) is 1. The van der Waals surface area contributed by atoms with Crippen LogP contribution < -0.4 is 5.32 Å². The van der Waals surface area contributed by atoms with Crippen molar-refractivity contribution in [2.75, 3.05) is 6.61 Å². The second-order valence-corrected chi connectivity index (χ2v) is 5.85. The van der Waals surface area contributed by atoms with Crippen molar-refractivity contribution in [1.29, 1.82) is 0 Å². The van der Waals surface area contributed by atoms with Crippen LogP contribution in [-0.4, -0.2) is 12.7 Å². The standard InChI is InChI=1S/C13H13ClF3NO2/c1-12(2)6-20-11(19)18-10(12)7-3-8(13(15,16)17)5-9(14)4-7/h3-5,10H,6H2,1-2H3,(H,18,19)/t10-/m1/s1. The van der Waals surface area contributed by atoms with E-state index in [2.05, 4.69) is 5.32 Å². The average Bonchev–Trinajstić information content (AvgIpc) is 2.30. The molecular weight excluding hydrogens is 295 g/mol. The summed E-state index contributed by atoms with van der Waals surface area (Å²) in [6, 6.07) is 2.70. The molecule has 0 spiro atoms. The van der Waals surface area contributed by atoms with Crippen LogP contribution >= 0.6 is 11.6 Å². The Morgan fingerprint density at radius 1 is 1.35 bits per heavy atom. The molecule has 110 valence electrons. The molecule has 1 N–H and O–H groups in total. The molecule has 0 aromatic heterocycles. The zero-order chi connectivity index (χ0) is 15.1. The van der Waals surface area contributed by atoms with Crippen LogP contribution in [0, 0.1) is 5.41 Å². The highest BCUT2D eigenvalue weighted by Gasteiger charge is 2.39. The van der Waals surface area contributed by atoms with Crippen molar-refractivity contribution in [3.05, 3.63) is 34.3 Å². The fourth-order valence-corrected chi connectivity index (χ4v) is 2.41. The highest BCUT2D eigenvalue weighted by molar-refractivity contribution is 6.30. The Kier molecular flexibility index (Phi) is 3.62. The van der Waals surface area contributed by atoms with Crippen molar-refractivity contribution in [1.82, 2.24) is 5.32 Å². The van der Waals surface area contributed by atoms with Crippen LogP contribution in [0.2, 0.25) is 5.02 Å². The molecule has 1 aromatic rings. The van der Waals surface area contributed by atoms with Crippen LogP contribution in [0.1, 0.15) is 31.0 Å². The first-order chi connectivity index (χ1) is 9.09. The van der Waals surface area contributed by atoms with Gasteiger partial charge in [0.25, 0.3) is 0 Å². The van der Waals surface area contributed by atoms with Crippen molar-refractivity contribution < 1.29 is 22.7 Å². The van der Waals surface area contributed by atoms with Crippen molar-refractivity contribution in [2.24, 2.45) is 5.41 Å². The van der Waals surface area contributed by atoms with Gasteiger partial charge in [0, 0.05) is 10.4 Å². The van der Waals surface area contributed by atoms with Crippen molar-refractivity contribution in [2.45, 2.75) is 26.1 Å². The molecule has 1 aliphatic heterocycles. The number of halogens is 4. The largest absolute Gasteiger partial charge is 0.449 e. The number of alkyl halides is 3. The first-order valence-electron chi connectivity index (χ1n) is 5.90. The van der Waals surface area contributed by atoms with Gasteiger partial charge >= 0.3 is 12.3 Å². The Balaban J connectivity index is 2.46. The lowest BCUT2D eigenvalue weighted by Crippen LogP contribution is -2.47. The first kappa shape index (κ1) is 15.0. The van der Waals surface area contributed by atoms with Gasteiger partial charge in [-0.05, 0) is 23.8 Å². The number of alkyl carbamates (subject to hydrolysis) is 1. The van der Waals surface area contributed by atoms with Crippen LogP contribution in [-0.2, 0) is 10.9 Å². The second kappa shape index (κ2) is 4.84. The lowest BCUT2D eigenvalue weighted by Gasteiger charge is -2.38. The minimum absolute atomic E-state index is 0.0219. The molecule has 0 saturated carbocycles. The topological polar surface area (TPSA) is 38.3 Å². The van der Waals surface area contributed by atoms with Crippen molar-refractivity contribution in [3.63, 3.8) is 0 Å². The molecule has 0 radical (unpaired) electrons. The Labute approximate surface area is 119 Å². The smallest absolute Gasteiger partial charge is 0.416 e. The number of hydrogen-bond acceptors (Lipinski definition) is 2. The van der Waals surface area contributed by atoms with E-state index in [0.29, 0.717) is 5.56 Å². The van der Waals surface area contributed by atoms with Gasteiger partial charge in [-0.15, -0.1) is 0 Å². The summed E-state index contributed by atoms with van der Waals surface area (Å²) < 4.78 is 43.3. The van der Waals surface area contributed by atoms with Crippen LogP contribution in [0.15, 0.2) is 18.2 Å². The van der Waals surface area contributed by atoms with Crippen molar-refractivity contribution in [3.8, 4) is 0 Å². The van der Waals surface area contributed by atoms with Gasteiger partial charge in [0.1, 0.15) is 6.61 Å². The van der Waals surface area contributed by atoms with Gasteiger partial charge in [-0.3, -0.25) is 0 Å². The Morgan fingerprint density at radius 2 is 2.00 bits per heavy atom. The molecule has 1 fully saturated rings. The molecule has 0 bridgehead atoms. The predicted octanol–water partition coefficient (Wildman–Crippen LogP) is 4.17. The number of carbonyl (C=O) groups is 1. The minimum Gasteiger partial charge on any atom is -0.449 e. The summed E-state index contributed by atoms with van der Waals surface area (Å²) in [5.74, 6) is 0. The predicted molar refractivity (Wildman–Crippen MR) is 67.5 cm³/mol. The van der Waals surface area contributed by atoms with E-state index in [1.807, 2.05) is 0 Å². The maximum absolute atomic E-state index is 12.8. The summed E-state index contributed by atoms with van der Waals surface area (Å²) in [6.45, 7) is 3.72. The van der Waals surface area contributed by atoms with Gasteiger partial charge in [-0.25, -0.2) is 4.79 Å². The van der Waals surface area contributed by atoms with Gasteiger partial charge in [0.05, 0.1) is 11.6 Å². The van der Waals surface area contributed by atoms with E-state index in [0.717, 1.165) is 12.1 Å². The monoisotopic (exact) mass is 307 g/mol. The van der Waals surface area contributed by atoms with E-state index < -0.39 is 29.3 Å². The first-order valence-corrected chi connectivity index (χ1v) is 6.28.